The third-order valence-electron chi connectivity index (χ3n) is 2.99. The van der Waals surface area contributed by atoms with Crippen LogP contribution in [0.5, 0.6) is 0 Å². The lowest BCUT2D eigenvalue weighted by molar-refractivity contribution is 0.246. The molecule has 0 saturated carbocycles. The number of alkyl halides is 1. The van der Waals surface area contributed by atoms with Crippen molar-refractivity contribution in [2.24, 2.45) is 11.3 Å². The molecule has 1 heteroatoms. The Morgan fingerprint density at radius 1 is 1.17 bits per heavy atom. The molecule has 0 saturated heterocycles. The summed E-state index contributed by atoms with van der Waals surface area (Å²) >= 11 is 6.49. The molecule has 0 amide bonds. The second kappa shape index (κ2) is 4.00. The van der Waals surface area contributed by atoms with Crippen LogP contribution in [0.15, 0.2) is 0 Å². The normalized spacial score (nSPS) is 20.2. The van der Waals surface area contributed by atoms with Gasteiger partial charge >= 0.3 is 0 Å². The van der Waals surface area contributed by atoms with Crippen molar-refractivity contribution in [1.82, 2.24) is 0 Å². The first-order valence-electron chi connectivity index (χ1n) is 4.89. The third kappa shape index (κ3) is 3.35. The highest BCUT2D eigenvalue weighted by Gasteiger charge is 2.35. The fourth-order valence-corrected chi connectivity index (χ4v) is 1.37. The van der Waals surface area contributed by atoms with Gasteiger partial charge in [-0.2, -0.15) is 0 Å². The molecule has 0 aromatic heterocycles. The van der Waals surface area contributed by atoms with Crippen molar-refractivity contribution in [3.8, 4) is 0 Å². The zero-order valence-electron chi connectivity index (χ0n) is 9.37. The van der Waals surface area contributed by atoms with Gasteiger partial charge in [0.2, 0.25) is 0 Å². The predicted octanol–water partition coefficient (Wildman–Crippen LogP) is 4.47. The van der Waals surface area contributed by atoms with Crippen LogP contribution >= 0.6 is 11.6 Å². The summed E-state index contributed by atoms with van der Waals surface area (Å²) in [5.41, 5.74) is 0.192. The van der Waals surface area contributed by atoms with Crippen LogP contribution in [0.3, 0.4) is 0 Å². The SMILES string of the molecule is CCC(C)CC(C)(Cl)C(C)(C)C. The molecular weight excluding hydrogens is 168 g/mol. The van der Waals surface area contributed by atoms with Crippen molar-refractivity contribution in [1.29, 1.82) is 0 Å². The first-order valence-corrected chi connectivity index (χ1v) is 5.27. The standard InChI is InChI=1S/C11H23Cl/c1-7-9(2)8-11(6,12)10(3,4)5/h9H,7-8H2,1-6H3. The van der Waals surface area contributed by atoms with Gasteiger partial charge in [0.25, 0.3) is 0 Å². The van der Waals surface area contributed by atoms with Crippen molar-refractivity contribution in [3.63, 3.8) is 0 Å². The number of rotatable bonds is 3. The van der Waals surface area contributed by atoms with E-state index in [2.05, 4.69) is 41.5 Å². The van der Waals surface area contributed by atoms with E-state index in [0.29, 0.717) is 0 Å². The number of halogens is 1. The van der Waals surface area contributed by atoms with Crippen LogP contribution in [0.1, 0.15) is 54.4 Å². The first kappa shape index (κ1) is 12.3. The van der Waals surface area contributed by atoms with E-state index in [4.69, 9.17) is 11.6 Å². The van der Waals surface area contributed by atoms with Gasteiger partial charge in [0.05, 0.1) is 0 Å². The molecule has 0 fully saturated rings. The highest BCUT2D eigenvalue weighted by atomic mass is 35.5. The van der Waals surface area contributed by atoms with Gasteiger partial charge in [-0.25, -0.2) is 0 Å². The van der Waals surface area contributed by atoms with E-state index in [1.54, 1.807) is 0 Å². The van der Waals surface area contributed by atoms with Crippen molar-refractivity contribution >= 4 is 11.6 Å². The minimum Gasteiger partial charge on any atom is -0.119 e. The lowest BCUT2D eigenvalue weighted by Crippen LogP contribution is -2.35. The van der Waals surface area contributed by atoms with Crippen molar-refractivity contribution in [3.05, 3.63) is 0 Å². The summed E-state index contributed by atoms with van der Waals surface area (Å²) in [4.78, 5) is -0.0670. The molecule has 2 atom stereocenters. The molecular formula is C11H23Cl. The maximum atomic E-state index is 6.49. The minimum atomic E-state index is -0.0670. The maximum Gasteiger partial charge on any atom is 0.0469 e. The first-order chi connectivity index (χ1) is 5.20. The summed E-state index contributed by atoms with van der Waals surface area (Å²) in [6, 6.07) is 0. The summed E-state index contributed by atoms with van der Waals surface area (Å²) in [6.45, 7) is 13.3. The molecule has 74 valence electrons. The fourth-order valence-electron chi connectivity index (χ4n) is 1.10. The molecule has 0 aliphatic rings. The molecule has 0 N–H and O–H groups in total. The summed E-state index contributed by atoms with van der Waals surface area (Å²) in [7, 11) is 0. The maximum absolute atomic E-state index is 6.49. The second-order valence-electron chi connectivity index (χ2n) is 5.16. The Kier molecular flexibility index (Phi) is 4.10. The zero-order chi connectivity index (χ0) is 9.99. The van der Waals surface area contributed by atoms with Gasteiger partial charge in [-0.05, 0) is 24.7 Å². The van der Waals surface area contributed by atoms with E-state index < -0.39 is 0 Å². The van der Waals surface area contributed by atoms with Gasteiger partial charge in [0, 0.05) is 4.87 Å². The summed E-state index contributed by atoms with van der Waals surface area (Å²) < 4.78 is 0. The van der Waals surface area contributed by atoms with Gasteiger partial charge in [-0.3, -0.25) is 0 Å². The van der Waals surface area contributed by atoms with E-state index >= 15 is 0 Å². The number of hydrogen-bond donors (Lipinski definition) is 0. The third-order valence-corrected chi connectivity index (χ3v) is 3.71. The zero-order valence-corrected chi connectivity index (χ0v) is 10.1. The smallest absolute Gasteiger partial charge is 0.0469 e. The fraction of sp³-hybridized carbons (Fsp3) is 1.00. The van der Waals surface area contributed by atoms with Crippen LogP contribution in [0.2, 0.25) is 0 Å². The molecule has 0 aliphatic heterocycles. The Morgan fingerprint density at radius 3 is 1.83 bits per heavy atom. The average Bonchev–Trinajstić information content (AvgIpc) is 1.84. The van der Waals surface area contributed by atoms with Crippen LogP contribution in [-0.4, -0.2) is 4.87 Å². The molecule has 0 aliphatic carbocycles. The Labute approximate surface area is 82.7 Å². The van der Waals surface area contributed by atoms with E-state index in [0.717, 1.165) is 12.3 Å². The Morgan fingerprint density at radius 2 is 1.58 bits per heavy atom. The highest BCUT2D eigenvalue weighted by Crippen LogP contribution is 2.41. The topological polar surface area (TPSA) is 0 Å². The summed E-state index contributed by atoms with van der Waals surface area (Å²) in [5, 5.41) is 0. The van der Waals surface area contributed by atoms with E-state index in [1.807, 2.05) is 0 Å². The molecule has 0 radical (unpaired) electrons. The molecule has 0 aromatic carbocycles. The number of hydrogen-bond acceptors (Lipinski definition) is 0. The minimum absolute atomic E-state index is 0.0670. The van der Waals surface area contributed by atoms with Crippen molar-refractivity contribution < 1.29 is 0 Å². The Hall–Kier alpha value is 0.290. The van der Waals surface area contributed by atoms with Crippen molar-refractivity contribution in [2.75, 3.05) is 0 Å². The molecule has 2 unspecified atom stereocenters. The Bertz CT molecular complexity index is 130. The molecule has 0 nitrogen and oxygen atoms in total. The lowest BCUT2D eigenvalue weighted by atomic mass is 9.76. The van der Waals surface area contributed by atoms with Crippen LogP contribution in [0.25, 0.3) is 0 Å². The van der Waals surface area contributed by atoms with Crippen LogP contribution in [-0.2, 0) is 0 Å². The highest BCUT2D eigenvalue weighted by molar-refractivity contribution is 6.24. The largest absolute Gasteiger partial charge is 0.119 e. The molecule has 0 rings (SSSR count). The molecule has 0 spiro atoms. The average molecular weight is 191 g/mol. The van der Waals surface area contributed by atoms with Gasteiger partial charge in [0.15, 0.2) is 0 Å². The van der Waals surface area contributed by atoms with Crippen LogP contribution in [0.4, 0.5) is 0 Å². The predicted molar refractivity (Wildman–Crippen MR) is 57.8 cm³/mol. The van der Waals surface area contributed by atoms with Gasteiger partial charge < -0.3 is 0 Å². The molecule has 0 aromatic rings. The molecule has 0 heterocycles. The van der Waals surface area contributed by atoms with E-state index in [1.165, 1.54) is 6.42 Å². The lowest BCUT2D eigenvalue weighted by Gasteiger charge is -2.38. The van der Waals surface area contributed by atoms with E-state index in [9.17, 15) is 0 Å². The quantitative estimate of drug-likeness (QED) is 0.577. The summed E-state index contributed by atoms with van der Waals surface area (Å²) in [5.74, 6) is 0.728. The monoisotopic (exact) mass is 190 g/mol. The van der Waals surface area contributed by atoms with Gasteiger partial charge in [0.1, 0.15) is 0 Å². The Balaban J connectivity index is 4.22. The van der Waals surface area contributed by atoms with Gasteiger partial charge in [-0.15, -0.1) is 11.6 Å². The summed E-state index contributed by atoms with van der Waals surface area (Å²) in [6.07, 6.45) is 2.33. The van der Waals surface area contributed by atoms with Gasteiger partial charge in [-0.1, -0.05) is 41.0 Å². The van der Waals surface area contributed by atoms with Crippen LogP contribution < -0.4 is 0 Å². The second-order valence-corrected chi connectivity index (χ2v) is 6.00. The molecule has 0 bridgehead atoms. The van der Waals surface area contributed by atoms with Crippen molar-refractivity contribution in [2.45, 2.75) is 59.3 Å². The van der Waals surface area contributed by atoms with Crippen LogP contribution in [0, 0.1) is 11.3 Å². The molecule has 12 heavy (non-hydrogen) atoms. The van der Waals surface area contributed by atoms with E-state index in [-0.39, 0.29) is 10.3 Å².